The average Bonchev–Trinajstić information content (AvgIpc) is 2.38. The van der Waals surface area contributed by atoms with Gasteiger partial charge in [-0.05, 0) is 24.1 Å². The van der Waals surface area contributed by atoms with Gasteiger partial charge in [0.15, 0.2) is 6.04 Å². The van der Waals surface area contributed by atoms with Gasteiger partial charge in [0.05, 0.1) is 6.61 Å². The van der Waals surface area contributed by atoms with E-state index in [1.807, 2.05) is 25.1 Å². The van der Waals surface area contributed by atoms with Crippen molar-refractivity contribution in [2.75, 3.05) is 19.0 Å². The molecule has 0 fully saturated rings. The van der Waals surface area contributed by atoms with Crippen LogP contribution in [0.25, 0.3) is 0 Å². The predicted molar refractivity (Wildman–Crippen MR) is 71.3 cm³/mol. The molecule has 0 aliphatic carbocycles. The van der Waals surface area contributed by atoms with Crippen LogP contribution in [-0.2, 0) is 16.0 Å². The quantitative estimate of drug-likeness (QED) is 0.727. The van der Waals surface area contributed by atoms with Crippen LogP contribution in [-0.4, -0.2) is 36.9 Å². The van der Waals surface area contributed by atoms with E-state index < -0.39 is 18.0 Å². The van der Waals surface area contributed by atoms with E-state index in [0.717, 1.165) is 12.0 Å². The zero-order chi connectivity index (χ0) is 14.3. The Morgan fingerprint density at radius 1 is 1.42 bits per heavy atom. The highest BCUT2D eigenvalue weighted by Crippen LogP contribution is 2.10. The Kier molecular flexibility index (Phi) is 5.81. The van der Waals surface area contributed by atoms with E-state index in [9.17, 15) is 9.59 Å². The second kappa shape index (κ2) is 7.38. The first kappa shape index (κ1) is 15.0. The van der Waals surface area contributed by atoms with Gasteiger partial charge in [0.25, 0.3) is 0 Å². The second-order valence-corrected chi connectivity index (χ2v) is 4.00. The van der Waals surface area contributed by atoms with E-state index in [-0.39, 0.29) is 6.61 Å². The van der Waals surface area contributed by atoms with Crippen LogP contribution < -0.4 is 10.6 Å². The van der Waals surface area contributed by atoms with Crippen molar-refractivity contribution < 1.29 is 19.4 Å². The molecule has 0 aliphatic heterocycles. The minimum Gasteiger partial charge on any atom is -0.480 e. The Hall–Kier alpha value is -2.08. The van der Waals surface area contributed by atoms with Gasteiger partial charge in [-0.2, -0.15) is 0 Å². The van der Waals surface area contributed by atoms with E-state index >= 15 is 0 Å². The topological polar surface area (TPSA) is 87.7 Å². The zero-order valence-corrected chi connectivity index (χ0v) is 11.0. The molecule has 1 aromatic rings. The zero-order valence-electron chi connectivity index (χ0n) is 11.0. The number of anilines is 1. The number of rotatable bonds is 6. The van der Waals surface area contributed by atoms with Crippen molar-refractivity contribution in [3.05, 3.63) is 29.8 Å². The maximum atomic E-state index is 11.7. The molecule has 1 atom stereocenters. The molecule has 0 spiro atoms. The molecule has 1 rings (SSSR count). The molecule has 19 heavy (non-hydrogen) atoms. The maximum absolute atomic E-state index is 11.7. The largest absolute Gasteiger partial charge is 0.480 e. The molecule has 0 saturated heterocycles. The van der Waals surface area contributed by atoms with Gasteiger partial charge >= 0.3 is 12.0 Å². The predicted octanol–water partition coefficient (Wildman–Crippen LogP) is 1.47. The average molecular weight is 266 g/mol. The molecule has 0 radical (unpaired) electrons. The molecule has 1 aromatic carbocycles. The summed E-state index contributed by atoms with van der Waals surface area (Å²) in [5.74, 6) is -1.14. The molecule has 0 aliphatic rings. The van der Waals surface area contributed by atoms with Crippen molar-refractivity contribution in [1.29, 1.82) is 0 Å². The number of carboxylic acids is 1. The number of amides is 2. The van der Waals surface area contributed by atoms with E-state index in [1.165, 1.54) is 7.11 Å². The second-order valence-electron chi connectivity index (χ2n) is 4.00. The summed E-state index contributed by atoms with van der Waals surface area (Å²) in [6.07, 6.45) is 0.860. The number of carboxylic acid groups (broad SMARTS) is 1. The minimum atomic E-state index is -1.14. The standard InChI is InChI=1S/C13H18N2O4/c1-3-9-5-4-6-10(7-9)14-13(18)15-11(8-19-2)12(16)17/h4-7,11H,3,8H2,1-2H3,(H,16,17)(H2,14,15,18). The summed E-state index contributed by atoms with van der Waals surface area (Å²) >= 11 is 0. The molecule has 6 nitrogen and oxygen atoms in total. The molecule has 2 amide bonds. The van der Waals surface area contributed by atoms with Gasteiger partial charge in [-0.3, -0.25) is 0 Å². The summed E-state index contributed by atoms with van der Waals surface area (Å²) in [6, 6.07) is 5.72. The Morgan fingerprint density at radius 2 is 2.16 bits per heavy atom. The molecular formula is C13H18N2O4. The smallest absolute Gasteiger partial charge is 0.328 e. The Morgan fingerprint density at radius 3 is 2.74 bits per heavy atom. The Balaban J connectivity index is 2.60. The molecule has 0 saturated carbocycles. The highest BCUT2D eigenvalue weighted by atomic mass is 16.5. The third kappa shape index (κ3) is 4.97. The normalized spacial score (nSPS) is 11.7. The number of benzene rings is 1. The number of nitrogens with one attached hydrogen (secondary N) is 2. The maximum Gasteiger partial charge on any atom is 0.328 e. The van der Waals surface area contributed by atoms with Crippen LogP contribution in [0.3, 0.4) is 0 Å². The fraction of sp³-hybridized carbons (Fsp3) is 0.385. The number of hydrogen-bond acceptors (Lipinski definition) is 3. The van der Waals surface area contributed by atoms with Gasteiger partial charge < -0.3 is 20.5 Å². The number of ether oxygens (including phenoxy) is 1. The monoisotopic (exact) mass is 266 g/mol. The van der Waals surface area contributed by atoms with Crippen LogP contribution in [0.5, 0.6) is 0 Å². The van der Waals surface area contributed by atoms with Crippen molar-refractivity contribution in [3.63, 3.8) is 0 Å². The van der Waals surface area contributed by atoms with Gasteiger partial charge in [-0.25, -0.2) is 9.59 Å². The van der Waals surface area contributed by atoms with E-state index in [2.05, 4.69) is 10.6 Å². The summed E-state index contributed by atoms with van der Waals surface area (Å²) in [7, 11) is 1.38. The lowest BCUT2D eigenvalue weighted by Crippen LogP contribution is -2.45. The van der Waals surface area contributed by atoms with Crippen LogP contribution >= 0.6 is 0 Å². The number of carbonyl (C=O) groups excluding carboxylic acids is 1. The van der Waals surface area contributed by atoms with E-state index in [4.69, 9.17) is 9.84 Å². The number of methoxy groups -OCH3 is 1. The van der Waals surface area contributed by atoms with Crippen molar-refractivity contribution >= 4 is 17.7 Å². The molecule has 3 N–H and O–H groups in total. The first-order valence-corrected chi connectivity index (χ1v) is 5.95. The third-order valence-electron chi connectivity index (χ3n) is 2.53. The number of aryl methyl sites for hydroxylation is 1. The number of aliphatic carboxylic acids is 1. The highest BCUT2D eigenvalue weighted by molar-refractivity contribution is 5.92. The number of urea groups is 1. The summed E-state index contributed by atoms with van der Waals surface area (Å²) in [6.45, 7) is 1.93. The lowest BCUT2D eigenvalue weighted by molar-refractivity contribution is -0.140. The van der Waals surface area contributed by atoms with E-state index in [0.29, 0.717) is 5.69 Å². The lowest BCUT2D eigenvalue weighted by Gasteiger charge is -2.14. The molecular weight excluding hydrogens is 248 g/mol. The highest BCUT2D eigenvalue weighted by Gasteiger charge is 2.19. The summed E-state index contributed by atoms with van der Waals surface area (Å²) in [5.41, 5.74) is 1.71. The Labute approximate surface area is 111 Å². The van der Waals surface area contributed by atoms with Crippen LogP contribution in [0, 0.1) is 0 Å². The molecule has 104 valence electrons. The fourth-order valence-corrected chi connectivity index (χ4v) is 1.54. The van der Waals surface area contributed by atoms with Crippen molar-refractivity contribution in [1.82, 2.24) is 5.32 Å². The molecule has 0 bridgehead atoms. The summed E-state index contributed by atoms with van der Waals surface area (Å²) < 4.78 is 4.73. The fourth-order valence-electron chi connectivity index (χ4n) is 1.54. The van der Waals surface area contributed by atoms with Crippen LogP contribution in [0.1, 0.15) is 12.5 Å². The van der Waals surface area contributed by atoms with Gasteiger partial charge in [-0.15, -0.1) is 0 Å². The van der Waals surface area contributed by atoms with E-state index in [1.54, 1.807) is 6.07 Å². The number of hydrogen-bond donors (Lipinski definition) is 3. The van der Waals surface area contributed by atoms with Crippen LogP contribution in [0.2, 0.25) is 0 Å². The molecule has 0 heterocycles. The van der Waals surface area contributed by atoms with Gasteiger partial charge in [-0.1, -0.05) is 19.1 Å². The van der Waals surface area contributed by atoms with Crippen molar-refractivity contribution in [3.8, 4) is 0 Å². The van der Waals surface area contributed by atoms with Gasteiger partial charge in [0.1, 0.15) is 0 Å². The van der Waals surface area contributed by atoms with Crippen LogP contribution in [0.15, 0.2) is 24.3 Å². The molecule has 6 heteroatoms. The summed E-state index contributed by atoms with van der Waals surface area (Å²) in [5, 5.41) is 13.8. The van der Waals surface area contributed by atoms with Gasteiger partial charge in [0, 0.05) is 12.8 Å². The lowest BCUT2D eigenvalue weighted by atomic mass is 10.1. The third-order valence-corrected chi connectivity index (χ3v) is 2.53. The van der Waals surface area contributed by atoms with Crippen LogP contribution in [0.4, 0.5) is 10.5 Å². The summed E-state index contributed by atoms with van der Waals surface area (Å²) in [4.78, 5) is 22.5. The molecule has 0 aromatic heterocycles. The van der Waals surface area contributed by atoms with Gasteiger partial charge in [0.2, 0.25) is 0 Å². The van der Waals surface area contributed by atoms with Crippen molar-refractivity contribution in [2.45, 2.75) is 19.4 Å². The molecule has 1 unspecified atom stereocenters. The first-order chi connectivity index (χ1) is 9.06. The first-order valence-electron chi connectivity index (χ1n) is 5.95. The Bertz CT molecular complexity index is 448. The van der Waals surface area contributed by atoms with Crippen molar-refractivity contribution in [2.24, 2.45) is 0 Å². The minimum absolute atomic E-state index is 0.0856. The SMILES string of the molecule is CCc1cccc(NC(=O)NC(COC)C(=O)O)c1. The number of carbonyl (C=O) groups is 2.